The number of hydrogen-bond acceptors (Lipinski definition) is 4. The summed E-state index contributed by atoms with van der Waals surface area (Å²) in [6.07, 6.45) is 0. The zero-order chi connectivity index (χ0) is 13.9. The van der Waals surface area contributed by atoms with Crippen molar-refractivity contribution >= 4 is 37.5 Å². The number of hydrogen-bond donors (Lipinski definition) is 3. The first-order chi connectivity index (χ1) is 8.27. The summed E-state index contributed by atoms with van der Waals surface area (Å²) < 4.78 is 48.7. The summed E-state index contributed by atoms with van der Waals surface area (Å²) in [5.74, 6) is -4.00. The molecule has 0 saturated heterocycles. The number of rotatable bonds is 4. The minimum absolute atomic E-state index is 0.0314. The summed E-state index contributed by atoms with van der Waals surface area (Å²) in [5, 5.41) is 11.2. The van der Waals surface area contributed by atoms with Crippen molar-refractivity contribution in [3.8, 4) is 0 Å². The van der Waals surface area contributed by atoms with Gasteiger partial charge in [-0.15, -0.1) is 0 Å². The highest BCUT2D eigenvalue weighted by Gasteiger charge is 2.25. The molecular formula is C8H8BrF2N3O3S. The number of halogens is 3. The minimum Gasteiger partial charge on any atom is -0.409 e. The topological polar surface area (TPSA) is 105 Å². The maximum Gasteiger partial charge on any atom is 0.355 e. The monoisotopic (exact) mass is 343 g/mol. The van der Waals surface area contributed by atoms with Crippen molar-refractivity contribution in [1.29, 1.82) is 0 Å². The predicted molar refractivity (Wildman–Crippen MR) is 65.2 cm³/mol. The van der Waals surface area contributed by atoms with Gasteiger partial charge in [0.15, 0.2) is 5.84 Å². The van der Waals surface area contributed by atoms with Crippen LogP contribution in [-0.4, -0.2) is 25.2 Å². The number of alkyl halides is 2. The fourth-order valence-electron chi connectivity index (χ4n) is 1.07. The van der Waals surface area contributed by atoms with Gasteiger partial charge in [-0.05, 0) is 18.2 Å². The van der Waals surface area contributed by atoms with E-state index in [1.165, 1.54) is 18.2 Å². The van der Waals surface area contributed by atoms with Crippen molar-refractivity contribution in [2.45, 2.75) is 5.76 Å². The van der Waals surface area contributed by atoms with Gasteiger partial charge in [-0.1, -0.05) is 21.1 Å². The number of sulfonamides is 1. The first-order valence-corrected chi connectivity index (χ1v) is 6.69. The van der Waals surface area contributed by atoms with Crippen LogP contribution in [0.5, 0.6) is 0 Å². The Balaban J connectivity index is 3.26. The molecule has 6 nitrogen and oxygen atoms in total. The Bertz CT molecular complexity index is 577. The largest absolute Gasteiger partial charge is 0.409 e. The van der Waals surface area contributed by atoms with E-state index in [4.69, 9.17) is 10.9 Å². The summed E-state index contributed by atoms with van der Waals surface area (Å²) in [5.41, 5.74) is 5.07. The Hall–Kier alpha value is -1.42. The third-order valence-electron chi connectivity index (χ3n) is 1.85. The molecule has 1 aromatic carbocycles. The van der Waals surface area contributed by atoms with E-state index in [1.54, 1.807) is 4.72 Å². The molecule has 0 unspecified atom stereocenters. The summed E-state index contributed by atoms with van der Waals surface area (Å²) in [4.78, 5) is 0. The van der Waals surface area contributed by atoms with Crippen molar-refractivity contribution in [3.05, 3.63) is 28.2 Å². The van der Waals surface area contributed by atoms with Crippen molar-refractivity contribution in [3.63, 3.8) is 0 Å². The molecule has 0 saturated carbocycles. The SMILES string of the molecule is N/C(=N/O)c1cc(Br)ccc1NS(=O)(=O)C(F)F. The Morgan fingerprint density at radius 3 is 2.61 bits per heavy atom. The number of nitrogens with zero attached hydrogens (tertiary/aromatic N) is 1. The van der Waals surface area contributed by atoms with Gasteiger partial charge in [0.05, 0.1) is 5.69 Å². The fraction of sp³-hybridized carbons (Fsp3) is 0.125. The molecule has 0 heterocycles. The van der Waals surface area contributed by atoms with Crippen LogP contribution < -0.4 is 10.5 Å². The highest BCUT2D eigenvalue weighted by atomic mass is 79.9. The van der Waals surface area contributed by atoms with Crippen molar-refractivity contribution in [2.75, 3.05) is 4.72 Å². The van der Waals surface area contributed by atoms with E-state index in [0.29, 0.717) is 4.47 Å². The molecule has 0 spiro atoms. The average Bonchev–Trinajstić information content (AvgIpc) is 2.30. The molecule has 0 atom stereocenters. The van der Waals surface area contributed by atoms with Crippen molar-refractivity contribution in [2.24, 2.45) is 10.9 Å². The zero-order valence-corrected chi connectivity index (χ0v) is 11.0. The molecule has 0 fully saturated rings. The molecule has 18 heavy (non-hydrogen) atoms. The molecule has 4 N–H and O–H groups in total. The Morgan fingerprint density at radius 2 is 2.11 bits per heavy atom. The van der Waals surface area contributed by atoms with Gasteiger partial charge in [-0.2, -0.15) is 8.78 Å². The Morgan fingerprint density at radius 1 is 1.50 bits per heavy atom. The van der Waals surface area contributed by atoms with Crippen molar-refractivity contribution in [1.82, 2.24) is 0 Å². The molecule has 0 aliphatic rings. The molecule has 0 amide bonds. The maximum absolute atomic E-state index is 12.2. The molecular weight excluding hydrogens is 336 g/mol. The number of amidine groups is 1. The third kappa shape index (κ3) is 3.29. The number of nitrogens with one attached hydrogen (secondary N) is 1. The number of anilines is 1. The quantitative estimate of drug-likeness (QED) is 0.333. The van der Waals surface area contributed by atoms with Crippen LogP contribution in [0, 0.1) is 0 Å². The number of benzene rings is 1. The predicted octanol–water partition coefficient (Wildman–Crippen LogP) is 1.51. The first kappa shape index (κ1) is 14.6. The van der Waals surface area contributed by atoms with E-state index in [2.05, 4.69) is 21.1 Å². The number of oxime groups is 1. The van der Waals surface area contributed by atoms with Gasteiger partial charge in [-0.25, -0.2) is 8.42 Å². The molecule has 1 rings (SSSR count). The van der Waals surface area contributed by atoms with E-state index in [1.807, 2.05) is 0 Å². The Kier molecular flexibility index (Phi) is 4.46. The van der Waals surface area contributed by atoms with E-state index in [9.17, 15) is 17.2 Å². The second-order valence-electron chi connectivity index (χ2n) is 3.08. The summed E-state index contributed by atoms with van der Waals surface area (Å²) in [6, 6.07) is 3.94. The third-order valence-corrected chi connectivity index (χ3v) is 3.32. The summed E-state index contributed by atoms with van der Waals surface area (Å²) >= 11 is 3.08. The normalized spacial score (nSPS) is 12.8. The molecule has 10 heteroatoms. The minimum atomic E-state index is -4.82. The molecule has 100 valence electrons. The Labute approximate surface area is 110 Å². The van der Waals surface area contributed by atoms with Gasteiger partial charge in [0.1, 0.15) is 0 Å². The van der Waals surface area contributed by atoms with Crippen LogP contribution >= 0.6 is 15.9 Å². The van der Waals surface area contributed by atoms with Crippen LogP contribution in [-0.2, 0) is 10.0 Å². The highest BCUT2D eigenvalue weighted by Crippen LogP contribution is 2.23. The van der Waals surface area contributed by atoms with E-state index in [-0.39, 0.29) is 11.3 Å². The van der Waals surface area contributed by atoms with Crippen LogP contribution in [0.25, 0.3) is 0 Å². The summed E-state index contributed by atoms with van der Waals surface area (Å²) in [6.45, 7) is 0. The van der Waals surface area contributed by atoms with E-state index in [0.717, 1.165) is 0 Å². The highest BCUT2D eigenvalue weighted by molar-refractivity contribution is 9.10. The number of nitrogens with two attached hydrogens (primary N) is 1. The molecule has 1 aromatic rings. The maximum atomic E-state index is 12.2. The van der Waals surface area contributed by atoms with Crippen LogP contribution in [0.15, 0.2) is 27.8 Å². The molecule has 0 radical (unpaired) electrons. The van der Waals surface area contributed by atoms with Crippen LogP contribution in [0.1, 0.15) is 5.56 Å². The van der Waals surface area contributed by atoms with Gasteiger partial charge in [0.25, 0.3) is 10.0 Å². The van der Waals surface area contributed by atoms with Crippen LogP contribution in [0.3, 0.4) is 0 Å². The van der Waals surface area contributed by atoms with Gasteiger partial charge in [-0.3, -0.25) is 4.72 Å². The second kappa shape index (κ2) is 5.48. The average molecular weight is 344 g/mol. The zero-order valence-electron chi connectivity index (χ0n) is 8.64. The molecule has 0 aliphatic carbocycles. The standard InChI is InChI=1S/C8H8BrF2N3O3S/c9-4-1-2-6(5(3-4)7(12)13-15)14-18(16,17)8(10)11/h1-3,8,14-15H,(H2,12,13). The van der Waals surface area contributed by atoms with Gasteiger partial charge >= 0.3 is 5.76 Å². The van der Waals surface area contributed by atoms with E-state index < -0.39 is 21.6 Å². The smallest absolute Gasteiger partial charge is 0.355 e. The lowest BCUT2D eigenvalue weighted by molar-refractivity contribution is 0.236. The van der Waals surface area contributed by atoms with Crippen LogP contribution in [0.2, 0.25) is 0 Å². The van der Waals surface area contributed by atoms with Crippen LogP contribution in [0.4, 0.5) is 14.5 Å². The fourth-order valence-corrected chi connectivity index (χ4v) is 2.00. The second-order valence-corrected chi connectivity index (χ2v) is 5.65. The molecule has 0 aliphatic heterocycles. The van der Waals surface area contributed by atoms with Gasteiger partial charge in [0.2, 0.25) is 0 Å². The lowest BCUT2D eigenvalue weighted by Crippen LogP contribution is -2.23. The molecule has 0 bridgehead atoms. The lowest BCUT2D eigenvalue weighted by atomic mass is 10.2. The lowest BCUT2D eigenvalue weighted by Gasteiger charge is -2.11. The first-order valence-electron chi connectivity index (χ1n) is 4.35. The van der Waals surface area contributed by atoms with Gasteiger partial charge in [0, 0.05) is 10.0 Å². The van der Waals surface area contributed by atoms with E-state index >= 15 is 0 Å². The van der Waals surface area contributed by atoms with Crippen molar-refractivity contribution < 1.29 is 22.4 Å². The molecule has 0 aromatic heterocycles. The van der Waals surface area contributed by atoms with Gasteiger partial charge < -0.3 is 10.9 Å². The summed E-state index contributed by atoms with van der Waals surface area (Å²) in [7, 11) is -4.82.